The Bertz CT molecular complexity index is 969. The summed E-state index contributed by atoms with van der Waals surface area (Å²) in [6.45, 7) is 0. The van der Waals surface area contributed by atoms with Crippen molar-refractivity contribution in [3.63, 3.8) is 0 Å². The van der Waals surface area contributed by atoms with Gasteiger partial charge < -0.3 is 10.3 Å². The quantitative estimate of drug-likeness (QED) is 0.541. The number of aromatic nitrogens is 3. The Hall–Kier alpha value is -2.88. The number of nitrogen functional groups attached to an aromatic ring is 1. The molecule has 4 aromatic rings. The second-order valence-electron chi connectivity index (χ2n) is 5.19. The van der Waals surface area contributed by atoms with E-state index in [0.29, 0.717) is 5.69 Å². The number of nitrogens with two attached hydrogens (primary N) is 1. The molecule has 0 aliphatic rings. The predicted molar refractivity (Wildman–Crippen MR) is 85.9 cm³/mol. The summed E-state index contributed by atoms with van der Waals surface area (Å²) in [5, 5.41) is 1.20. The average Bonchev–Trinajstić information content (AvgIpc) is 2.87. The molecule has 0 saturated carbocycles. The van der Waals surface area contributed by atoms with Gasteiger partial charge >= 0.3 is 0 Å². The highest BCUT2D eigenvalue weighted by Gasteiger charge is 2.09. The molecule has 4 nitrogen and oxygen atoms in total. The molecule has 2 N–H and O–H groups in total. The van der Waals surface area contributed by atoms with Crippen LogP contribution in [0.5, 0.6) is 0 Å². The van der Waals surface area contributed by atoms with E-state index in [2.05, 4.69) is 45.0 Å². The first kappa shape index (κ1) is 11.9. The van der Waals surface area contributed by atoms with Gasteiger partial charge in [-0.3, -0.25) is 9.97 Å². The summed E-state index contributed by atoms with van der Waals surface area (Å²) in [4.78, 5) is 8.81. The molecule has 2 aromatic heterocycles. The lowest BCUT2D eigenvalue weighted by Crippen LogP contribution is -1.92. The normalized spacial score (nSPS) is 11.3. The second kappa shape index (κ2) is 4.31. The zero-order valence-electron chi connectivity index (χ0n) is 11.6. The van der Waals surface area contributed by atoms with Crippen molar-refractivity contribution in [2.24, 2.45) is 7.05 Å². The molecule has 21 heavy (non-hydrogen) atoms. The van der Waals surface area contributed by atoms with Crippen LogP contribution in [0.25, 0.3) is 33.1 Å². The summed E-state index contributed by atoms with van der Waals surface area (Å²) in [6.07, 6.45) is 5.46. The standard InChI is InChI=1S/C17H14N4/c1-21-7-4-12-8-11(2-3-16(12)21)14-9-13(18)10-15-17(14)20-6-5-19-15/h2-10H,18H2,1H3. The van der Waals surface area contributed by atoms with E-state index in [0.717, 1.165) is 22.2 Å². The van der Waals surface area contributed by atoms with Crippen LogP contribution in [0.15, 0.2) is 55.0 Å². The van der Waals surface area contributed by atoms with Gasteiger partial charge in [-0.1, -0.05) is 6.07 Å². The molecule has 0 bridgehead atoms. The monoisotopic (exact) mass is 274 g/mol. The van der Waals surface area contributed by atoms with Crippen molar-refractivity contribution in [1.82, 2.24) is 14.5 Å². The van der Waals surface area contributed by atoms with Gasteiger partial charge in [0.1, 0.15) is 0 Å². The van der Waals surface area contributed by atoms with Crippen LogP contribution in [0.4, 0.5) is 5.69 Å². The van der Waals surface area contributed by atoms with Gasteiger partial charge in [-0.2, -0.15) is 0 Å². The molecule has 0 spiro atoms. The SMILES string of the molecule is Cn1ccc2cc(-c3cc(N)cc4nccnc34)ccc21. The van der Waals surface area contributed by atoms with Crippen LogP contribution < -0.4 is 5.73 Å². The van der Waals surface area contributed by atoms with E-state index in [4.69, 9.17) is 5.73 Å². The van der Waals surface area contributed by atoms with Gasteiger partial charge in [0.15, 0.2) is 0 Å². The van der Waals surface area contributed by atoms with Gasteiger partial charge in [-0.25, -0.2) is 0 Å². The fourth-order valence-corrected chi connectivity index (χ4v) is 2.77. The van der Waals surface area contributed by atoms with Gasteiger partial charge in [0.05, 0.1) is 11.0 Å². The lowest BCUT2D eigenvalue weighted by atomic mass is 10.0. The van der Waals surface area contributed by atoms with Crippen LogP contribution in [0.1, 0.15) is 0 Å². The molecule has 102 valence electrons. The van der Waals surface area contributed by atoms with Crippen LogP contribution >= 0.6 is 0 Å². The molecular formula is C17H14N4. The molecule has 0 atom stereocenters. The molecule has 0 aliphatic heterocycles. The highest BCUT2D eigenvalue weighted by Crippen LogP contribution is 2.31. The fraction of sp³-hybridized carbons (Fsp3) is 0.0588. The van der Waals surface area contributed by atoms with E-state index >= 15 is 0 Å². The molecular weight excluding hydrogens is 260 g/mol. The van der Waals surface area contributed by atoms with Crippen LogP contribution in [0.2, 0.25) is 0 Å². The van der Waals surface area contributed by atoms with E-state index in [-0.39, 0.29) is 0 Å². The summed E-state index contributed by atoms with van der Waals surface area (Å²) in [6, 6.07) is 12.3. The zero-order valence-corrected chi connectivity index (χ0v) is 11.6. The average molecular weight is 274 g/mol. The Morgan fingerprint density at radius 3 is 2.76 bits per heavy atom. The summed E-state index contributed by atoms with van der Waals surface area (Å²) >= 11 is 0. The molecule has 0 unspecified atom stereocenters. The minimum Gasteiger partial charge on any atom is -0.399 e. The number of hydrogen-bond donors (Lipinski definition) is 1. The maximum absolute atomic E-state index is 6.01. The van der Waals surface area contributed by atoms with Crippen molar-refractivity contribution in [2.45, 2.75) is 0 Å². The second-order valence-corrected chi connectivity index (χ2v) is 5.19. The lowest BCUT2D eigenvalue weighted by molar-refractivity contribution is 0.969. The zero-order chi connectivity index (χ0) is 14.4. The Kier molecular flexibility index (Phi) is 2.44. The van der Waals surface area contributed by atoms with E-state index in [9.17, 15) is 0 Å². The van der Waals surface area contributed by atoms with Crippen LogP contribution in [0.3, 0.4) is 0 Å². The Morgan fingerprint density at radius 1 is 1.00 bits per heavy atom. The van der Waals surface area contributed by atoms with Gasteiger partial charge in [0, 0.05) is 47.8 Å². The molecule has 0 amide bonds. The Labute approximate surface area is 121 Å². The van der Waals surface area contributed by atoms with Crippen molar-refractivity contribution in [1.29, 1.82) is 0 Å². The van der Waals surface area contributed by atoms with Crippen molar-refractivity contribution in [3.8, 4) is 11.1 Å². The van der Waals surface area contributed by atoms with Crippen LogP contribution in [-0.4, -0.2) is 14.5 Å². The molecule has 0 aliphatic carbocycles. The van der Waals surface area contributed by atoms with Crippen molar-refractivity contribution >= 4 is 27.6 Å². The molecule has 2 heterocycles. The summed E-state index contributed by atoms with van der Waals surface area (Å²) < 4.78 is 2.11. The number of aryl methyl sites for hydroxylation is 1. The molecule has 0 fully saturated rings. The number of fused-ring (bicyclic) bond motifs is 2. The third-order valence-corrected chi connectivity index (χ3v) is 3.79. The van der Waals surface area contributed by atoms with Gasteiger partial charge in [-0.15, -0.1) is 0 Å². The van der Waals surface area contributed by atoms with Crippen molar-refractivity contribution in [3.05, 3.63) is 55.0 Å². The Morgan fingerprint density at radius 2 is 1.86 bits per heavy atom. The van der Waals surface area contributed by atoms with E-state index in [1.54, 1.807) is 12.4 Å². The first-order chi connectivity index (χ1) is 10.2. The largest absolute Gasteiger partial charge is 0.399 e. The highest BCUT2D eigenvalue weighted by molar-refractivity contribution is 5.96. The van der Waals surface area contributed by atoms with Crippen LogP contribution in [-0.2, 0) is 7.05 Å². The third kappa shape index (κ3) is 1.84. The van der Waals surface area contributed by atoms with Gasteiger partial charge in [0.25, 0.3) is 0 Å². The number of anilines is 1. The number of nitrogens with zero attached hydrogens (tertiary/aromatic N) is 3. The molecule has 0 saturated heterocycles. The summed E-state index contributed by atoms with van der Waals surface area (Å²) in [7, 11) is 2.05. The lowest BCUT2D eigenvalue weighted by Gasteiger charge is -2.08. The maximum Gasteiger partial charge on any atom is 0.0966 e. The van der Waals surface area contributed by atoms with Gasteiger partial charge in [-0.05, 0) is 35.9 Å². The smallest absolute Gasteiger partial charge is 0.0966 e. The van der Waals surface area contributed by atoms with E-state index in [1.807, 2.05) is 19.2 Å². The van der Waals surface area contributed by atoms with E-state index < -0.39 is 0 Å². The van der Waals surface area contributed by atoms with E-state index in [1.165, 1.54) is 10.9 Å². The summed E-state index contributed by atoms with van der Waals surface area (Å²) in [5.74, 6) is 0. The van der Waals surface area contributed by atoms with Crippen molar-refractivity contribution < 1.29 is 0 Å². The highest BCUT2D eigenvalue weighted by atomic mass is 14.9. The first-order valence-corrected chi connectivity index (χ1v) is 6.78. The fourth-order valence-electron chi connectivity index (χ4n) is 2.77. The topological polar surface area (TPSA) is 56.7 Å². The Balaban J connectivity index is 2.03. The van der Waals surface area contributed by atoms with Crippen LogP contribution in [0, 0.1) is 0 Å². The minimum absolute atomic E-state index is 0.700. The molecule has 2 aromatic carbocycles. The maximum atomic E-state index is 6.01. The predicted octanol–water partition coefficient (Wildman–Crippen LogP) is 3.37. The number of hydrogen-bond acceptors (Lipinski definition) is 3. The van der Waals surface area contributed by atoms with Gasteiger partial charge in [0.2, 0.25) is 0 Å². The third-order valence-electron chi connectivity index (χ3n) is 3.79. The first-order valence-electron chi connectivity index (χ1n) is 6.78. The number of benzene rings is 2. The summed E-state index contributed by atoms with van der Waals surface area (Å²) in [5.41, 5.74) is 11.7. The molecule has 4 heteroatoms. The minimum atomic E-state index is 0.700. The number of rotatable bonds is 1. The molecule has 4 rings (SSSR count). The van der Waals surface area contributed by atoms with Crippen molar-refractivity contribution in [2.75, 3.05) is 5.73 Å². The molecule has 0 radical (unpaired) electrons.